The van der Waals surface area contributed by atoms with Crippen LogP contribution >= 0.6 is 0 Å². The predicted molar refractivity (Wildman–Crippen MR) is 69.5 cm³/mol. The third-order valence-corrected chi connectivity index (χ3v) is 2.46. The molecule has 0 aliphatic heterocycles. The number of hydrogen-bond acceptors (Lipinski definition) is 4. The summed E-state index contributed by atoms with van der Waals surface area (Å²) >= 11 is 0. The standard InChI is InChI=1S/C12H19N3O2/c1-9-6-5-7-11(12(9)15(16)17)13-10(2)8-14(3)4/h5-7,10,13H,8H2,1-4H3. The van der Waals surface area contributed by atoms with Crippen LogP contribution in [0.4, 0.5) is 11.4 Å². The van der Waals surface area contributed by atoms with E-state index in [1.165, 1.54) is 0 Å². The van der Waals surface area contributed by atoms with Gasteiger partial charge in [0.15, 0.2) is 0 Å². The Morgan fingerprint density at radius 2 is 2.12 bits per heavy atom. The zero-order valence-electron chi connectivity index (χ0n) is 10.7. The van der Waals surface area contributed by atoms with Crippen LogP contribution in [0.1, 0.15) is 12.5 Å². The number of hydrogen-bond donors (Lipinski definition) is 1. The fourth-order valence-corrected chi connectivity index (χ4v) is 1.88. The van der Waals surface area contributed by atoms with E-state index in [4.69, 9.17) is 0 Å². The average molecular weight is 237 g/mol. The van der Waals surface area contributed by atoms with Gasteiger partial charge in [0.05, 0.1) is 4.92 Å². The van der Waals surface area contributed by atoms with Gasteiger partial charge in [-0.2, -0.15) is 0 Å². The first-order valence-electron chi connectivity index (χ1n) is 5.57. The van der Waals surface area contributed by atoms with Crippen LogP contribution < -0.4 is 5.32 Å². The average Bonchev–Trinajstić information content (AvgIpc) is 2.15. The molecule has 0 aliphatic rings. The van der Waals surface area contributed by atoms with Crippen LogP contribution in [0.25, 0.3) is 0 Å². The zero-order chi connectivity index (χ0) is 13.0. The number of para-hydroxylation sites is 1. The summed E-state index contributed by atoms with van der Waals surface area (Å²) in [7, 11) is 3.95. The first-order valence-corrected chi connectivity index (χ1v) is 5.57. The van der Waals surface area contributed by atoms with Crippen molar-refractivity contribution in [2.45, 2.75) is 19.9 Å². The number of nitro groups is 1. The van der Waals surface area contributed by atoms with Gasteiger partial charge in [-0.1, -0.05) is 12.1 Å². The molecular weight excluding hydrogens is 218 g/mol. The van der Waals surface area contributed by atoms with Crippen LogP contribution in [-0.2, 0) is 0 Å². The highest BCUT2D eigenvalue weighted by molar-refractivity contribution is 5.65. The third kappa shape index (κ3) is 3.71. The second kappa shape index (κ2) is 5.63. The molecule has 0 spiro atoms. The highest BCUT2D eigenvalue weighted by atomic mass is 16.6. The monoisotopic (exact) mass is 237 g/mol. The molecule has 0 aliphatic carbocycles. The molecule has 5 nitrogen and oxygen atoms in total. The minimum atomic E-state index is -0.333. The number of nitro benzene ring substituents is 1. The van der Waals surface area contributed by atoms with Crippen molar-refractivity contribution in [3.8, 4) is 0 Å². The maximum atomic E-state index is 11.0. The molecule has 0 heterocycles. The molecule has 0 fully saturated rings. The molecule has 94 valence electrons. The number of anilines is 1. The number of nitrogens with zero attached hydrogens (tertiary/aromatic N) is 2. The lowest BCUT2D eigenvalue weighted by atomic mass is 10.1. The first kappa shape index (κ1) is 13.4. The van der Waals surface area contributed by atoms with Crippen molar-refractivity contribution < 1.29 is 4.92 Å². The lowest BCUT2D eigenvalue weighted by Gasteiger charge is -2.19. The smallest absolute Gasteiger partial charge is 0.295 e. The Labute approximate surface area is 102 Å². The highest BCUT2D eigenvalue weighted by Gasteiger charge is 2.17. The van der Waals surface area contributed by atoms with Gasteiger partial charge in [0, 0.05) is 18.2 Å². The molecule has 17 heavy (non-hydrogen) atoms. The molecule has 0 saturated heterocycles. The van der Waals surface area contributed by atoms with Gasteiger partial charge in [-0.25, -0.2) is 0 Å². The lowest BCUT2D eigenvalue weighted by molar-refractivity contribution is -0.384. The molecule has 5 heteroatoms. The van der Waals surface area contributed by atoms with E-state index < -0.39 is 0 Å². The summed E-state index contributed by atoms with van der Waals surface area (Å²) in [4.78, 5) is 12.7. The molecule has 0 aromatic heterocycles. The van der Waals surface area contributed by atoms with Gasteiger partial charge in [0.25, 0.3) is 5.69 Å². The molecule has 1 unspecified atom stereocenters. The Morgan fingerprint density at radius 3 is 2.65 bits per heavy atom. The molecule has 1 aromatic carbocycles. The van der Waals surface area contributed by atoms with Gasteiger partial charge in [0.2, 0.25) is 0 Å². The Hall–Kier alpha value is -1.62. The number of nitrogens with one attached hydrogen (secondary N) is 1. The Morgan fingerprint density at radius 1 is 1.47 bits per heavy atom. The van der Waals surface area contributed by atoms with Crippen LogP contribution in [0.5, 0.6) is 0 Å². The summed E-state index contributed by atoms with van der Waals surface area (Å²) in [5.41, 5.74) is 1.43. The molecule has 0 saturated carbocycles. The summed E-state index contributed by atoms with van der Waals surface area (Å²) in [5, 5.41) is 14.2. The normalized spacial score (nSPS) is 12.5. The molecule has 1 aromatic rings. The van der Waals surface area contributed by atoms with Gasteiger partial charge in [0.1, 0.15) is 5.69 Å². The molecule has 0 bridgehead atoms. The second-order valence-electron chi connectivity index (χ2n) is 4.54. The summed E-state index contributed by atoms with van der Waals surface area (Å²) in [6, 6.07) is 5.48. The van der Waals surface area contributed by atoms with Crippen molar-refractivity contribution in [3.05, 3.63) is 33.9 Å². The van der Waals surface area contributed by atoms with Crippen LogP contribution in [0.3, 0.4) is 0 Å². The van der Waals surface area contributed by atoms with Crippen molar-refractivity contribution in [1.82, 2.24) is 4.90 Å². The second-order valence-corrected chi connectivity index (χ2v) is 4.54. The SMILES string of the molecule is Cc1cccc(NC(C)CN(C)C)c1[N+](=O)[O-]. The summed E-state index contributed by atoms with van der Waals surface area (Å²) in [6.45, 7) is 4.58. The quantitative estimate of drug-likeness (QED) is 0.630. The summed E-state index contributed by atoms with van der Waals surface area (Å²) < 4.78 is 0. The minimum absolute atomic E-state index is 0.158. The van der Waals surface area contributed by atoms with Crippen molar-refractivity contribution in [2.24, 2.45) is 0 Å². The third-order valence-electron chi connectivity index (χ3n) is 2.46. The highest BCUT2D eigenvalue weighted by Crippen LogP contribution is 2.28. The molecule has 0 radical (unpaired) electrons. The molecule has 1 atom stereocenters. The van der Waals surface area contributed by atoms with Crippen LogP contribution in [0, 0.1) is 17.0 Å². The van der Waals surface area contributed by atoms with E-state index in [1.54, 1.807) is 19.1 Å². The maximum absolute atomic E-state index is 11.0. The van der Waals surface area contributed by atoms with Gasteiger partial charge >= 0.3 is 0 Å². The van der Waals surface area contributed by atoms with Gasteiger partial charge in [-0.3, -0.25) is 10.1 Å². The summed E-state index contributed by atoms with van der Waals surface area (Å²) in [5.74, 6) is 0. The molecule has 1 N–H and O–H groups in total. The number of rotatable bonds is 5. The van der Waals surface area contributed by atoms with E-state index in [2.05, 4.69) is 5.32 Å². The van der Waals surface area contributed by atoms with E-state index in [-0.39, 0.29) is 16.7 Å². The van der Waals surface area contributed by atoms with Gasteiger partial charge in [-0.15, -0.1) is 0 Å². The lowest BCUT2D eigenvalue weighted by Crippen LogP contribution is -2.29. The van der Waals surface area contributed by atoms with Crippen molar-refractivity contribution in [3.63, 3.8) is 0 Å². The molecular formula is C12H19N3O2. The van der Waals surface area contributed by atoms with Gasteiger partial charge < -0.3 is 10.2 Å². The number of aryl methyl sites for hydroxylation is 1. The first-order chi connectivity index (χ1) is 7.91. The Bertz CT molecular complexity index is 405. The zero-order valence-corrected chi connectivity index (χ0v) is 10.7. The topological polar surface area (TPSA) is 58.4 Å². The van der Waals surface area contributed by atoms with Crippen LogP contribution in [0.2, 0.25) is 0 Å². The molecule has 1 rings (SSSR count). The summed E-state index contributed by atoms with van der Waals surface area (Å²) in [6.07, 6.45) is 0. The van der Waals surface area contributed by atoms with Crippen LogP contribution in [-0.4, -0.2) is 36.5 Å². The van der Waals surface area contributed by atoms with E-state index in [0.717, 1.165) is 6.54 Å². The fraction of sp³-hybridized carbons (Fsp3) is 0.500. The van der Waals surface area contributed by atoms with E-state index in [1.807, 2.05) is 32.0 Å². The Kier molecular flexibility index (Phi) is 4.45. The van der Waals surface area contributed by atoms with Crippen molar-refractivity contribution >= 4 is 11.4 Å². The van der Waals surface area contributed by atoms with E-state index in [9.17, 15) is 10.1 Å². The van der Waals surface area contributed by atoms with Crippen molar-refractivity contribution in [1.29, 1.82) is 0 Å². The minimum Gasteiger partial charge on any atom is -0.376 e. The predicted octanol–water partition coefficient (Wildman–Crippen LogP) is 2.27. The van der Waals surface area contributed by atoms with Gasteiger partial charge in [-0.05, 0) is 34.0 Å². The number of benzene rings is 1. The molecule has 0 amide bonds. The fourth-order valence-electron chi connectivity index (χ4n) is 1.88. The van der Waals surface area contributed by atoms with Crippen LogP contribution in [0.15, 0.2) is 18.2 Å². The maximum Gasteiger partial charge on any atom is 0.295 e. The Balaban J connectivity index is 2.91. The number of likely N-dealkylation sites (N-methyl/N-ethyl adjacent to an activating group) is 1. The van der Waals surface area contributed by atoms with Crippen molar-refractivity contribution in [2.75, 3.05) is 26.0 Å². The van der Waals surface area contributed by atoms with E-state index >= 15 is 0 Å². The van der Waals surface area contributed by atoms with E-state index in [0.29, 0.717) is 11.3 Å². The largest absolute Gasteiger partial charge is 0.376 e.